The van der Waals surface area contributed by atoms with Crippen molar-refractivity contribution in [2.45, 2.75) is 33.2 Å². The van der Waals surface area contributed by atoms with Crippen molar-refractivity contribution in [3.8, 4) is 0 Å². The Hall–Kier alpha value is -1.98. The lowest BCUT2D eigenvalue weighted by atomic mass is 10.1. The highest BCUT2D eigenvalue weighted by atomic mass is 16.4. The first-order chi connectivity index (χ1) is 8.21. The number of aromatic nitrogens is 2. The van der Waals surface area contributed by atoms with E-state index < -0.39 is 17.4 Å². The molecule has 0 bridgehead atoms. The summed E-state index contributed by atoms with van der Waals surface area (Å²) >= 11 is 0. The lowest BCUT2D eigenvalue weighted by Crippen LogP contribution is -2.48. The Morgan fingerprint density at radius 3 is 2.28 bits per heavy atom. The second-order valence-electron chi connectivity index (χ2n) is 5.00. The van der Waals surface area contributed by atoms with Gasteiger partial charge in [0.1, 0.15) is 12.2 Å². The molecule has 0 aliphatic rings. The summed E-state index contributed by atoms with van der Waals surface area (Å²) in [6, 6.07) is 0. The van der Waals surface area contributed by atoms with Gasteiger partial charge in [0, 0.05) is 11.7 Å². The Balaban J connectivity index is 3.02. The number of carbonyl (C=O) groups is 2. The predicted molar refractivity (Wildman–Crippen MR) is 65.2 cm³/mol. The highest BCUT2D eigenvalue weighted by molar-refractivity contribution is 5.94. The first-order valence-corrected chi connectivity index (χ1v) is 5.54. The molecule has 1 amide bonds. The van der Waals surface area contributed by atoms with Gasteiger partial charge in [0.2, 0.25) is 0 Å². The van der Waals surface area contributed by atoms with Crippen LogP contribution < -0.4 is 0 Å². The maximum atomic E-state index is 12.2. The van der Waals surface area contributed by atoms with Gasteiger partial charge in [-0.2, -0.15) is 0 Å². The van der Waals surface area contributed by atoms with E-state index >= 15 is 0 Å². The number of amides is 1. The number of hydrogen-bond acceptors (Lipinski definition) is 4. The van der Waals surface area contributed by atoms with Crippen molar-refractivity contribution >= 4 is 11.9 Å². The molecule has 0 saturated heterocycles. The standard InChI is InChI=1S/C12H17N3O3/c1-8-5-14-9(6-13-8)11(18)15(7-10(16)17)12(2,3)4/h5-6H,7H2,1-4H3,(H,16,17). The molecule has 6 heteroatoms. The first kappa shape index (κ1) is 14.1. The van der Waals surface area contributed by atoms with Gasteiger partial charge in [0.05, 0.1) is 11.9 Å². The zero-order valence-electron chi connectivity index (χ0n) is 11.0. The third-order valence-corrected chi connectivity index (χ3v) is 2.35. The van der Waals surface area contributed by atoms with Gasteiger partial charge in [-0.05, 0) is 27.7 Å². The molecule has 1 aromatic heterocycles. The zero-order valence-corrected chi connectivity index (χ0v) is 11.0. The second-order valence-corrected chi connectivity index (χ2v) is 5.00. The van der Waals surface area contributed by atoms with E-state index in [0.29, 0.717) is 5.69 Å². The van der Waals surface area contributed by atoms with Gasteiger partial charge in [-0.25, -0.2) is 4.98 Å². The second kappa shape index (κ2) is 5.12. The number of carboxylic acids is 1. The van der Waals surface area contributed by atoms with Crippen LogP contribution >= 0.6 is 0 Å². The zero-order chi connectivity index (χ0) is 13.9. The van der Waals surface area contributed by atoms with Crippen LogP contribution in [0.4, 0.5) is 0 Å². The van der Waals surface area contributed by atoms with Crippen LogP contribution in [0.3, 0.4) is 0 Å². The van der Waals surface area contributed by atoms with Gasteiger partial charge in [-0.15, -0.1) is 0 Å². The molecular formula is C12H17N3O3. The van der Waals surface area contributed by atoms with Crippen molar-refractivity contribution in [1.29, 1.82) is 0 Å². The number of hydrogen-bond donors (Lipinski definition) is 1. The summed E-state index contributed by atoms with van der Waals surface area (Å²) < 4.78 is 0. The van der Waals surface area contributed by atoms with Crippen LogP contribution in [0.25, 0.3) is 0 Å². The number of carboxylic acid groups (broad SMARTS) is 1. The van der Waals surface area contributed by atoms with E-state index in [1.165, 1.54) is 17.3 Å². The van der Waals surface area contributed by atoms with E-state index in [-0.39, 0.29) is 12.2 Å². The minimum absolute atomic E-state index is 0.150. The number of aryl methyl sites for hydroxylation is 1. The third kappa shape index (κ3) is 3.51. The van der Waals surface area contributed by atoms with Crippen LogP contribution in [-0.4, -0.2) is 43.9 Å². The van der Waals surface area contributed by atoms with Gasteiger partial charge in [0.25, 0.3) is 5.91 Å². The quantitative estimate of drug-likeness (QED) is 0.870. The molecule has 0 unspecified atom stereocenters. The summed E-state index contributed by atoms with van der Waals surface area (Å²) in [7, 11) is 0. The molecule has 1 aromatic rings. The summed E-state index contributed by atoms with van der Waals surface area (Å²) in [6.07, 6.45) is 2.84. The largest absolute Gasteiger partial charge is 0.480 e. The molecule has 0 spiro atoms. The lowest BCUT2D eigenvalue weighted by Gasteiger charge is -2.34. The van der Waals surface area contributed by atoms with Crippen molar-refractivity contribution in [1.82, 2.24) is 14.9 Å². The number of nitrogens with zero attached hydrogens (tertiary/aromatic N) is 3. The van der Waals surface area contributed by atoms with Crippen LogP contribution in [0, 0.1) is 6.92 Å². The Morgan fingerprint density at radius 2 is 1.89 bits per heavy atom. The molecule has 1 N–H and O–H groups in total. The highest BCUT2D eigenvalue weighted by Crippen LogP contribution is 2.15. The Bertz CT molecular complexity index is 449. The third-order valence-electron chi connectivity index (χ3n) is 2.35. The fraction of sp³-hybridized carbons (Fsp3) is 0.500. The molecule has 0 atom stereocenters. The Morgan fingerprint density at radius 1 is 1.28 bits per heavy atom. The Labute approximate surface area is 106 Å². The van der Waals surface area contributed by atoms with Crippen molar-refractivity contribution < 1.29 is 14.7 Å². The van der Waals surface area contributed by atoms with E-state index in [9.17, 15) is 9.59 Å². The molecular weight excluding hydrogens is 234 g/mol. The average molecular weight is 251 g/mol. The van der Waals surface area contributed by atoms with Gasteiger partial charge in [-0.1, -0.05) is 0 Å². The smallest absolute Gasteiger partial charge is 0.323 e. The minimum atomic E-state index is -1.06. The van der Waals surface area contributed by atoms with Gasteiger partial charge >= 0.3 is 5.97 Å². The van der Waals surface area contributed by atoms with Crippen molar-refractivity contribution in [2.24, 2.45) is 0 Å². The number of rotatable bonds is 3. The number of aliphatic carboxylic acids is 1. The van der Waals surface area contributed by atoms with E-state index in [1.807, 2.05) is 0 Å². The average Bonchev–Trinajstić information content (AvgIpc) is 2.24. The van der Waals surface area contributed by atoms with E-state index in [0.717, 1.165) is 0 Å². The molecule has 0 aliphatic heterocycles. The van der Waals surface area contributed by atoms with Gasteiger partial charge in [-0.3, -0.25) is 14.6 Å². The summed E-state index contributed by atoms with van der Waals surface area (Å²) in [5, 5.41) is 8.86. The monoisotopic (exact) mass is 251 g/mol. The molecule has 6 nitrogen and oxygen atoms in total. The maximum absolute atomic E-state index is 12.2. The topological polar surface area (TPSA) is 83.4 Å². The van der Waals surface area contributed by atoms with Crippen LogP contribution in [0.1, 0.15) is 37.0 Å². The predicted octanol–water partition coefficient (Wildman–Crippen LogP) is 1.11. The van der Waals surface area contributed by atoms with Crippen LogP contribution in [0.2, 0.25) is 0 Å². The summed E-state index contributed by atoms with van der Waals surface area (Å²) in [4.78, 5) is 32.2. The minimum Gasteiger partial charge on any atom is -0.480 e. The first-order valence-electron chi connectivity index (χ1n) is 5.54. The molecule has 0 aromatic carbocycles. The fourth-order valence-corrected chi connectivity index (χ4v) is 1.39. The molecule has 0 saturated carbocycles. The maximum Gasteiger partial charge on any atom is 0.323 e. The van der Waals surface area contributed by atoms with Crippen molar-refractivity contribution in [3.05, 3.63) is 23.8 Å². The van der Waals surface area contributed by atoms with Crippen LogP contribution in [-0.2, 0) is 4.79 Å². The summed E-state index contributed by atoms with van der Waals surface area (Å²) in [5.41, 5.74) is 0.256. The van der Waals surface area contributed by atoms with E-state index in [1.54, 1.807) is 27.7 Å². The highest BCUT2D eigenvalue weighted by Gasteiger charge is 2.30. The molecule has 1 heterocycles. The molecule has 0 radical (unpaired) electrons. The molecule has 18 heavy (non-hydrogen) atoms. The van der Waals surface area contributed by atoms with Crippen LogP contribution in [0.15, 0.2) is 12.4 Å². The fourth-order valence-electron chi connectivity index (χ4n) is 1.39. The van der Waals surface area contributed by atoms with Gasteiger partial charge < -0.3 is 10.0 Å². The molecule has 98 valence electrons. The molecule has 1 rings (SSSR count). The van der Waals surface area contributed by atoms with Crippen LogP contribution in [0.5, 0.6) is 0 Å². The normalized spacial score (nSPS) is 11.1. The SMILES string of the molecule is Cc1cnc(C(=O)N(CC(=O)O)C(C)(C)C)cn1. The van der Waals surface area contributed by atoms with Crippen molar-refractivity contribution in [2.75, 3.05) is 6.54 Å². The molecule has 0 fully saturated rings. The summed E-state index contributed by atoms with van der Waals surface area (Å²) in [6.45, 7) is 6.72. The van der Waals surface area contributed by atoms with E-state index in [4.69, 9.17) is 5.11 Å². The Kier molecular flexibility index (Phi) is 4.00. The van der Waals surface area contributed by atoms with Crippen molar-refractivity contribution in [3.63, 3.8) is 0 Å². The van der Waals surface area contributed by atoms with E-state index in [2.05, 4.69) is 9.97 Å². The summed E-state index contributed by atoms with van der Waals surface area (Å²) in [5.74, 6) is -1.49. The molecule has 0 aliphatic carbocycles. The van der Waals surface area contributed by atoms with Gasteiger partial charge in [0.15, 0.2) is 0 Å². The lowest BCUT2D eigenvalue weighted by molar-refractivity contribution is -0.138. The number of carbonyl (C=O) groups excluding carboxylic acids is 1.